The van der Waals surface area contributed by atoms with E-state index in [0.29, 0.717) is 18.1 Å². The number of hydrogen-bond acceptors (Lipinski definition) is 3. The molecular formula is C13H21N3. The van der Waals surface area contributed by atoms with Crippen molar-refractivity contribution in [2.24, 2.45) is 0 Å². The van der Waals surface area contributed by atoms with Crippen molar-refractivity contribution in [1.82, 2.24) is 15.2 Å². The summed E-state index contributed by atoms with van der Waals surface area (Å²) in [5.74, 6) is 0. The predicted molar refractivity (Wildman–Crippen MR) is 66.3 cm³/mol. The lowest BCUT2D eigenvalue weighted by atomic mass is 10.0. The second kappa shape index (κ2) is 4.93. The maximum atomic E-state index is 4.20. The molecule has 0 amide bonds. The van der Waals surface area contributed by atoms with E-state index in [0.717, 1.165) is 13.1 Å². The van der Waals surface area contributed by atoms with Gasteiger partial charge in [0, 0.05) is 43.6 Å². The third-order valence-corrected chi connectivity index (χ3v) is 3.48. The van der Waals surface area contributed by atoms with Crippen LogP contribution < -0.4 is 5.32 Å². The molecule has 0 spiro atoms. The van der Waals surface area contributed by atoms with Crippen molar-refractivity contribution in [3.8, 4) is 0 Å². The Morgan fingerprint density at radius 2 is 2.31 bits per heavy atom. The molecule has 3 nitrogen and oxygen atoms in total. The van der Waals surface area contributed by atoms with E-state index in [4.69, 9.17) is 0 Å². The van der Waals surface area contributed by atoms with E-state index in [1.54, 1.807) is 0 Å². The number of rotatable bonds is 2. The SMILES string of the molecule is CC1CN(C(C)c2cccnc2)C(C)CN1. The van der Waals surface area contributed by atoms with Gasteiger partial charge in [0.25, 0.3) is 0 Å². The van der Waals surface area contributed by atoms with Crippen LogP contribution >= 0.6 is 0 Å². The molecule has 1 aromatic heterocycles. The fraction of sp³-hybridized carbons (Fsp3) is 0.615. The normalized spacial score (nSPS) is 28.9. The van der Waals surface area contributed by atoms with E-state index in [-0.39, 0.29) is 0 Å². The Labute approximate surface area is 97.9 Å². The van der Waals surface area contributed by atoms with E-state index >= 15 is 0 Å². The van der Waals surface area contributed by atoms with Crippen molar-refractivity contribution in [3.63, 3.8) is 0 Å². The van der Waals surface area contributed by atoms with E-state index in [1.807, 2.05) is 18.5 Å². The van der Waals surface area contributed by atoms with Gasteiger partial charge in [-0.2, -0.15) is 0 Å². The highest BCUT2D eigenvalue weighted by atomic mass is 15.2. The summed E-state index contributed by atoms with van der Waals surface area (Å²) in [6, 6.07) is 5.80. The summed E-state index contributed by atoms with van der Waals surface area (Å²) in [4.78, 5) is 6.76. The second-order valence-corrected chi connectivity index (χ2v) is 4.82. The summed E-state index contributed by atoms with van der Waals surface area (Å²) in [7, 11) is 0. The van der Waals surface area contributed by atoms with Crippen molar-refractivity contribution in [1.29, 1.82) is 0 Å². The highest BCUT2D eigenvalue weighted by Crippen LogP contribution is 2.23. The third-order valence-electron chi connectivity index (χ3n) is 3.48. The van der Waals surface area contributed by atoms with Crippen molar-refractivity contribution in [2.45, 2.75) is 38.9 Å². The van der Waals surface area contributed by atoms with Gasteiger partial charge >= 0.3 is 0 Å². The Morgan fingerprint density at radius 1 is 1.50 bits per heavy atom. The summed E-state index contributed by atoms with van der Waals surface area (Å²) in [6.45, 7) is 8.98. The minimum Gasteiger partial charge on any atom is -0.311 e. The zero-order valence-electron chi connectivity index (χ0n) is 10.4. The fourth-order valence-corrected chi connectivity index (χ4v) is 2.40. The van der Waals surface area contributed by atoms with Gasteiger partial charge in [0.15, 0.2) is 0 Å². The first-order valence-electron chi connectivity index (χ1n) is 6.07. The predicted octanol–water partition coefficient (Wildman–Crippen LogP) is 1.82. The average molecular weight is 219 g/mol. The van der Waals surface area contributed by atoms with Gasteiger partial charge in [0.05, 0.1) is 0 Å². The van der Waals surface area contributed by atoms with Crippen LogP contribution in [0.3, 0.4) is 0 Å². The number of aromatic nitrogens is 1. The molecule has 1 fully saturated rings. The Morgan fingerprint density at radius 3 is 3.00 bits per heavy atom. The van der Waals surface area contributed by atoms with Gasteiger partial charge in [-0.15, -0.1) is 0 Å². The maximum absolute atomic E-state index is 4.20. The summed E-state index contributed by atoms with van der Waals surface area (Å²) in [6.07, 6.45) is 3.81. The topological polar surface area (TPSA) is 28.2 Å². The first kappa shape index (κ1) is 11.6. The molecular weight excluding hydrogens is 198 g/mol. The number of pyridine rings is 1. The highest BCUT2D eigenvalue weighted by molar-refractivity contribution is 5.13. The van der Waals surface area contributed by atoms with Crippen LogP contribution in [0.5, 0.6) is 0 Å². The lowest BCUT2D eigenvalue weighted by molar-refractivity contribution is 0.103. The molecule has 3 atom stereocenters. The molecule has 1 saturated heterocycles. The second-order valence-electron chi connectivity index (χ2n) is 4.82. The minimum absolute atomic E-state index is 0.452. The summed E-state index contributed by atoms with van der Waals surface area (Å²) in [5, 5.41) is 3.51. The van der Waals surface area contributed by atoms with Crippen LogP contribution in [0, 0.1) is 0 Å². The molecule has 3 unspecified atom stereocenters. The lowest BCUT2D eigenvalue weighted by Gasteiger charge is -2.41. The number of nitrogens with zero attached hydrogens (tertiary/aromatic N) is 2. The smallest absolute Gasteiger partial charge is 0.0339 e. The van der Waals surface area contributed by atoms with Crippen LogP contribution in [0.15, 0.2) is 24.5 Å². The molecule has 0 bridgehead atoms. The van der Waals surface area contributed by atoms with Crippen LogP contribution in [0.1, 0.15) is 32.4 Å². The van der Waals surface area contributed by atoms with Crippen molar-refractivity contribution >= 4 is 0 Å². The molecule has 1 aliphatic heterocycles. The van der Waals surface area contributed by atoms with Crippen LogP contribution in [0.2, 0.25) is 0 Å². The van der Waals surface area contributed by atoms with E-state index in [2.05, 4.69) is 42.0 Å². The molecule has 0 aromatic carbocycles. The summed E-state index contributed by atoms with van der Waals surface area (Å²) < 4.78 is 0. The highest BCUT2D eigenvalue weighted by Gasteiger charge is 2.26. The van der Waals surface area contributed by atoms with Crippen LogP contribution in [-0.2, 0) is 0 Å². The molecule has 88 valence electrons. The van der Waals surface area contributed by atoms with Gasteiger partial charge < -0.3 is 5.32 Å². The zero-order valence-corrected chi connectivity index (χ0v) is 10.4. The standard InChI is InChI=1S/C13H21N3/c1-10-9-16(11(2)7-15-10)12(3)13-5-4-6-14-8-13/h4-6,8,10-12,15H,7,9H2,1-3H3. The third kappa shape index (κ3) is 2.42. The molecule has 2 rings (SSSR count). The zero-order chi connectivity index (χ0) is 11.5. The van der Waals surface area contributed by atoms with Gasteiger partial charge in [-0.1, -0.05) is 6.07 Å². The van der Waals surface area contributed by atoms with Crippen molar-refractivity contribution in [2.75, 3.05) is 13.1 Å². The molecule has 2 heterocycles. The Kier molecular flexibility index (Phi) is 3.56. The van der Waals surface area contributed by atoms with Gasteiger partial charge in [-0.3, -0.25) is 9.88 Å². The Balaban J connectivity index is 2.11. The number of hydrogen-bond donors (Lipinski definition) is 1. The van der Waals surface area contributed by atoms with E-state index < -0.39 is 0 Å². The quantitative estimate of drug-likeness (QED) is 0.822. The fourth-order valence-electron chi connectivity index (χ4n) is 2.40. The molecule has 0 radical (unpaired) electrons. The Hall–Kier alpha value is -0.930. The maximum Gasteiger partial charge on any atom is 0.0339 e. The van der Waals surface area contributed by atoms with Gasteiger partial charge in [0.2, 0.25) is 0 Å². The molecule has 3 heteroatoms. The van der Waals surface area contributed by atoms with Gasteiger partial charge in [-0.25, -0.2) is 0 Å². The molecule has 1 aromatic rings. The van der Waals surface area contributed by atoms with E-state index in [9.17, 15) is 0 Å². The first-order chi connectivity index (χ1) is 7.68. The number of nitrogens with one attached hydrogen (secondary N) is 1. The van der Waals surface area contributed by atoms with Gasteiger partial charge in [0.1, 0.15) is 0 Å². The average Bonchev–Trinajstić information content (AvgIpc) is 2.32. The minimum atomic E-state index is 0.452. The Bertz CT molecular complexity index is 325. The van der Waals surface area contributed by atoms with Crippen molar-refractivity contribution < 1.29 is 0 Å². The summed E-state index contributed by atoms with van der Waals surface area (Å²) >= 11 is 0. The number of piperazine rings is 1. The van der Waals surface area contributed by atoms with Crippen LogP contribution in [0.25, 0.3) is 0 Å². The van der Waals surface area contributed by atoms with E-state index in [1.165, 1.54) is 5.56 Å². The van der Waals surface area contributed by atoms with Crippen molar-refractivity contribution in [3.05, 3.63) is 30.1 Å². The first-order valence-corrected chi connectivity index (χ1v) is 6.07. The molecule has 1 aliphatic rings. The molecule has 1 N–H and O–H groups in total. The van der Waals surface area contributed by atoms with Crippen LogP contribution in [0.4, 0.5) is 0 Å². The van der Waals surface area contributed by atoms with Gasteiger partial charge in [-0.05, 0) is 32.4 Å². The van der Waals surface area contributed by atoms with Crippen LogP contribution in [-0.4, -0.2) is 35.1 Å². The molecule has 0 aliphatic carbocycles. The summed E-state index contributed by atoms with van der Waals surface area (Å²) in [5.41, 5.74) is 1.31. The lowest BCUT2D eigenvalue weighted by Crippen LogP contribution is -2.54. The largest absolute Gasteiger partial charge is 0.311 e. The molecule has 0 saturated carbocycles. The molecule has 16 heavy (non-hydrogen) atoms. The monoisotopic (exact) mass is 219 g/mol.